The van der Waals surface area contributed by atoms with Crippen molar-refractivity contribution in [2.45, 2.75) is 100 Å². The summed E-state index contributed by atoms with van der Waals surface area (Å²) in [6.45, 7) is 21.0. The zero-order valence-corrected chi connectivity index (χ0v) is 35.0. The van der Waals surface area contributed by atoms with E-state index < -0.39 is 0 Å². The number of pyridine rings is 1. The van der Waals surface area contributed by atoms with Crippen molar-refractivity contribution >= 4 is 48.9 Å². The molecule has 0 fully saturated rings. The summed E-state index contributed by atoms with van der Waals surface area (Å²) in [6.07, 6.45) is 6.62. The van der Waals surface area contributed by atoms with E-state index >= 15 is 0 Å². The van der Waals surface area contributed by atoms with E-state index in [-0.39, 0.29) is 47.9 Å². The van der Waals surface area contributed by atoms with Crippen molar-refractivity contribution < 1.29 is 34.4 Å². The topological polar surface area (TPSA) is 63.3 Å². The predicted octanol–water partition coefficient (Wildman–Crippen LogP) is 13.6. The van der Waals surface area contributed by atoms with Gasteiger partial charge in [-0.2, -0.15) is 0 Å². The fourth-order valence-electron chi connectivity index (χ4n) is 6.35. The first kappa shape index (κ1) is 40.2. The molecule has 0 aliphatic rings. The summed E-state index contributed by atoms with van der Waals surface area (Å²) >= 11 is 1.81. The summed E-state index contributed by atoms with van der Waals surface area (Å²) in [5.74, 6) is 1.16. The van der Waals surface area contributed by atoms with Gasteiger partial charge in [0.15, 0.2) is 5.78 Å². The minimum Gasteiger partial charge on any atom is -0.512 e. The molecule has 6 rings (SSSR count). The maximum atomic E-state index is 12.2. The molecule has 51 heavy (non-hydrogen) atoms. The van der Waals surface area contributed by atoms with Crippen LogP contribution >= 0.6 is 11.3 Å². The molecule has 0 saturated heterocycles. The van der Waals surface area contributed by atoms with Gasteiger partial charge in [-0.05, 0) is 62.3 Å². The third kappa shape index (κ3) is 8.25. The van der Waals surface area contributed by atoms with Crippen molar-refractivity contribution in [3.8, 4) is 22.6 Å². The molecule has 6 heteroatoms. The Morgan fingerprint density at radius 2 is 1.53 bits per heavy atom. The average molecular weight is 879 g/mol. The van der Waals surface area contributed by atoms with Gasteiger partial charge in [-0.3, -0.25) is 9.78 Å². The Bertz CT molecular complexity index is 2170. The largest absolute Gasteiger partial charge is 0.512 e. The van der Waals surface area contributed by atoms with Gasteiger partial charge in [0, 0.05) is 74.8 Å². The molecule has 3 heterocycles. The van der Waals surface area contributed by atoms with Crippen LogP contribution in [-0.2, 0) is 30.3 Å². The van der Waals surface area contributed by atoms with Crippen molar-refractivity contribution in [2.75, 3.05) is 0 Å². The van der Waals surface area contributed by atoms with E-state index in [9.17, 15) is 9.90 Å². The molecule has 0 saturated carbocycles. The number of furan rings is 1. The van der Waals surface area contributed by atoms with Gasteiger partial charge in [0.05, 0.1) is 0 Å². The fourth-order valence-corrected chi connectivity index (χ4v) is 7.30. The molecule has 0 bridgehead atoms. The number of hydrogen-bond donors (Lipinski definition) is 1. The summed E-state index contributed by atoms with van der Waals surface area (Å²) in [7, 11) is 0. The first-order valence-electron chi connectivity index (χ1n) is 18.0. The second-order valence-corrected chi connectivity index (χ2v) is 16.4. The number of ketones is 1. The van der Waals surface area contributed by atoms with Crippen LogP contribution in [0.15, 0.2) is 89.2 Å². The second-order valence-electron chi connectivity index (χ2n) is 15.1. The number of nitrogens with zero attached hydrogens (tertiary/aromatic N) is 1. The normalized spacial score (nSPS) is 12.5. The summed E-state index contributed by atoms with van der Waals surface area (Å²) in [5, 5.41) is 14.8. The predicted molar refractivity (Wildman–Crippen MR) is 213 cm³/mol. The van der Waals surface area contributed by atoms with E-state index in [1.807, 2.05) is 65.1 Å². The Labute approximate surface area is 321 Å². The van der Waals surface area contributed by atoms with Crippen molar-refractivity contribution in [2.24, 2.45) is 10.8 Å². The number of aryl methyl sites for hydroxylation is 1. The molecule has 0 amide bonds. The smallest absolute Gasteiger partial charge is 0.164 e. The van der Waals surface area contributed by atoms with E-state index in [4.69, 9.17) is 9.40 Å². The minimum absolute atomic E-state index is 0. The molecule has 0 aliphatic heterocycles. The van der Waals surface area contributed by atoms with Crippen molar-refractivity contribution in [1.82, 2.24) is 4.98 Å². The van der Waals surface area contributed by atoms with Crippen LogP contribution in [0.25, 0.3) is 54.4 Å². The number of aromatic nitrogens is 1. The van der Waals surface area contributed by atoms with E-state index in [0.717, 1.165) is 64.6 Å². The van der Waals surface area contributed by atoms with Crippen LogP contribution in [0, 0.1) is 23.8 Å². The molecule has 0 aliphatic carbocycles. The Kier molecular flexibility index (Phi) is 12.6. The molecule has 0 unspecified atom stereocenters. The monoisotopic (exact) mass is 879 g/mol. The van der Waals surface area contributed by atoms with Gasteiger partial charge in [0.25, 0.3) is 0 Å². The number of rotatable bonds is 9. The quantitative estimate of drug-likeness (QED) is 0.0893. The molecule has 6 aromatic rings. The van der Waals surface area contributed by atoms with Crippen LogP contribution in [0.5, 0.6) is 0 Å². The van der Waals surface area contributed by atoms with Crippen molar-refractivity contribution in [3.63, 3.8) is 0 Å². The fraction of sp³-hybridized carbons (Fsp3) is 0.378. The number of thiophene rings is 1. The molecule has 0 spiro atoms. The third-order valence-corrected chi connectivity index (χ3v) is 11.8. The summed E-state index contributed by atoms with van der Waals surface area (Å²) in [5.41, 5.74) is 4.42. The first-order valence-corrected chi connectivity index (χ1v) is 18.8. The maximum Gasteiger partial charge on any atom is 0.164 e. The van der Waals surface area contributed by atoms with Gasteiger partial charge >= 0.3 is 0 Å². The first-order chi connectivity index (χ1) is 23.7. The van der Waals surface area contributed by atoms with E-state index in [0.29, 0.717) is 0 Å². The Balaban J connectivity index is 0.000000279. The zero-order valence-electron chi connectivity index (χ0n) is 31.8. The molecule has 1 radical (unpaired) electrons. The molecular weight excluding hydrogens is 827 g/mol. The minimum atomic E-state index is -0.337. The molecule has 3 aromatic carbocycles. The summed E-state index contributed by atoms with van der Waals surface area (Å²) in [4.78, 5) is 18.2. The van der Waals surface area contributed by atoms with Gasteiger partial charge in [-0.25, -0.2) is 0 Å². The molecule has 1 N–H and O–H groups in total. The van der Waals surface area contributed by atoms with E-state index in [1.165, 1.54) is 32.0 Å². The number of carbonyl (C=O) groups excluding carboxylic acids is 1. The molecule has 4 nitrogen and oxygen atoms in total. The number of allylic oxidation sites excluding steroid dienone is 2. The number of carbonyl (C=O) groups is 1. The third-order valence-electron chi connectivity index (χ3n) is 10.8. The summed E-state index contributed by atoms with van der Waals surface area (Å²) in [6, 6.07) is 27.1. The number of aliphatic hydroxyl groups excluding tert-OH is 1. The van der Waals surface area contributed by atoms with Crippen LogP contribution < -0.4 is 0 Å². The number of fused-ring (bicyclic) bond motifs is 3. The van der Waals surface area contributed by atoms with Crippen LogP contribution in [0.4, 0.5) is 0 Å². The van der Waals surface area contributed by atoms with Crippen molar-refractivity contribution in [1.29, 1.82) is 0 Å². The van der Waals surface area contributed by atoms with Gasteiger partial charge in [-0.1, -0.05) is 104 Å². The van der Waals surface area contributed by atoms with Crippen LogP contribution in [0.2, 0.25) is 0 Å². The summed E-state index contributed by atoms with van der Waals surface area (Å²) < 4.78 is 7.80. The molecule has 271 valence electrons. The standard InChI is InChI=1S/C30H24NOS.C15H28O2.Ir/c1-18-14-24-23(10-7-11-27(24)33-18)26-17-20-12-13-31-28(29(20)32-26)21-15-19-8-5-6-9-22(19)25(16-21)30(2,3)4;1-7-14(5,8-2)12(16)11-13(17)15(6,9-3)10-4;/h5-14,16-17H,1-4H3;11,16H,7-10H2,1-6H3;/q-1;;/b;12-11-;. The van der Waals surface area contributed by atoms with Crippen LogP contribution in [0.1, 0.15) is 98.4 Å². The van der Waals surface area contributed by atoms with Crippen molar-refractivity contribution in [3.05, 3.63) is 101 Å². The van der Waals surface area contributed by atoms with Gasteiger partial charge < -0.3 is 9.52 Å². The Hall–Kier alpha value is -3.57. The zero-order chi connectivity index (χ0) is 36.4. The van der Waals surface area contributed by atoms with E-state index in [1.54, 1.807) is 0 Å². The number of hydrogen-bond acceptors (Lipinski definition) is 5. The SMILES string of the molecule is CCC(C)(CC)C(=O)/C=C(\O)C(C)(CC)CC.Cc1cc2c(-c3cc4ccnc(-c5[c-]c6ccccc6c(C(C)(C)C)c5)c4o3)cccc2s1.[Ir]. The Morgan fingerprint density at radius 3 is 2.18 bits per heavy atom. The molecular formula is C45H52IrNO3S-. The molecule has 0 atom stereocenters. The van der Waals surface area contributed by atoms with Gasteiger partial charge in [0.1, 0.15) is 17.1 Å². The number of aliphatic hydroxyl groups is 1. The Morgan fingerprint density at radius 1 is 0.863 bits per heavy atom. The van der Waals surface area contributed by atoms with Gasteiger partial charge in [0.2, 0.25) is 0 Å². The van der Waals surface area contributed by atoms with Crippen LogP contribution in [0.3, 0.4) is 0 Å². The van der Waals surface area contributed by atoms with E-state index in [2.05, 4.69) is 94.4 Å². The maximum absolute atomic E-state index is 12.2. The average Bonchev–Trinajstić information content (AvgIpc) is 3.73. The number of benzene rings is 3. The molecule has 3 aromatic heterocycles. The second kappa shape index (κ2) is 16.0. The van der Waals surface area contributed by atoms with Crippen LogP contribution in [-0.4, -0.2) is 15.9 Å². The van der Waals surface area contributed by atoms with Gasteiger partial charge in [-0.15, -0.1) is 40.5 Å².